The maximum Gasteiger partial charge on any atom is 0.123 e. The van der Waals surface area contributed by atoms with Crippen molar-refractivity contribution >= 4 is 0 Å². The standard InChI is InChI=1S/C32H46O2/c1-4-18(2)23-13-26(32-15-19-10-20(16-32)12-21(11-19)17-32)30(34)28-22-7-9-31(3)8-5-6-25(31)29(22)27(33)14-24(23)28/h13,18-22,25,27,29,33-34H,4-12,14-17H2,1-3H3/t18?,19?,20?,21?,22-,25+,27?,29-,31+,32?/m1/s1. The zero-order valence-corrected chi connectivity index (χ0v) is 21.8. The molecule has 7 aliphatic carbocycles. The predicted octanol–water partition coefficient (Wildman–Crippen LogP) is 7.59. The SMILES string of the molecule is CCC(C)c1cc(C23CC4CC(CC(C4)C2)C3)c(O)c2c1CC(O)[C@@H]1[C@@H]2CC[C@]2(C)CCC[C@@H]12. The van der Waals surface area contributed by atoms with E-state index in [4.69, 9.17) is 0 Å². The average molecular weight is 463 g/mol. The first-order valence-corrected chi connectivity index (χ1v) is 14.9. The van der Waals surface area contributed by atoms with Gasteiger partial charge >= 0.3 is 0 Å². The summed E-state index contributed by atoms with van der Waals surface area (Å²) in [5.74, 6) is 5.16. The molecular formula is C32H46O2. The van der Waals surface area contributed by atoms with Crippen molar-refractivity contribution in [3.05, 3.63) is 28.3 Å². The minimum Gasteiger partial charge on any atom is -0.507 e. The second kappa shape index (κ2) is 7.50. The molecule has 8 rings (SSSR count). The summed E-state index contributed by atoms with van der Waals surface area (Å²) >= 11 is 0. The van der Waals surface area contributed by atoms with E-state index in [-0.39, 0.29) is 11.5 Å². The molecule has 6 atom stereocenters. The number of aliphatic hydroxyl groups excluding tert-OH is 1. The Bertz CT molecular complexity index is 958. The molecule has 6 saturated carbocycles. The van der Waals surface area contributed by atoms with Crippen molar-refractivity contribution in [2.75, 3.05) is 0 Å². The van der Waals surface area contributed by atoms with Crippen LogP contribution in [-0.4, -0.2) is 16.3 Å². The van der Waals surface area contributed by atoms with Crippen molar-refractivity contribution in [1.82, 2.24) is 0 Å². The molecule has 0 amide bonds. The van der Waals surface area contributed by atoms with Gasteiger partial charge in [-0.15, -0.1) is 0 Å². The van der Waals surface area contributed by atoms with Gasteiger partial charge in [0.25, 0.3) is 0 Å². The zero-order chi connectivity index (χ0) is 23.4. The summed E-state index contributed by atoms with van der Waals surface area (Å²) in [6.45, 7) is 7.18. The van der Waals surface area contributed by atoms with Gasteiger partial charge in [-0.1, -0.05) is 33.3 Å². The number of hydrogen-bond donors (Lipinski definition) is 2. The van der Waals surface area contributed by atoms with Crippen molar-refractivity contribution in [3.63, 3.8) is 0 Å². The van der Waals surface area contributed by atoms with E-state index in [9.17, 15) is 10.2 Å². The Labute approximate surface area is 206 Å². The molecule has 6 fully saturated rings. The molecule has 0 saturated heterocycles. The van der Waals surface area contributed by atoms with E-state index in [1.165, 1.54) is 86.5 Å². The lowest BCUT2D eigenvalue weighted by molar-refractivity contribution is -0.0265. The number of aliphatic hydroxyl groups is 1. The van der Waals surface area contributed by atoms with Crippen LogP contribution in [0.5, 0.6) is 5.75 Å². The summed E-state index contributed by atoms with van der Waals surface area (Å²) in [6, 6.07) is 2.48. The molecule has 2 heteroatoms. The molecule has 34 heavy (non-hydrogen) atoms. The average Bonchev–Trinajstić information content (AvgIpc) is 3.19. The first kappa shape index (κ1) is 22.2. The molecule has 0 aromatic heterocycles. The normalized spacial score (nSPS) is 47.2. The van der Waals surface area contributed by atoms with Crippen LogP contribution >= 0.6 is 0 Å². The van der Waals surface area contributed by atoms with Crippen LogP contribution in [0.3, 0.4) is 0 Å². The van der Waals surface area contributed by atoms with Crippen molar-refractivity contribution in [2.45, 2.75) is 128 Å². The molecule has 2 unspecified atom stereocenters. The Hall–Kier alpha value is -1.02. The maximum atomic E-state index is 12.2. The first-order valence-electron chi connectivity index (χ1n) is 14.9. The lowest BCUT2D eigenvalue weighted by atomic mass is 9.47. The van der Waals surface area contributed by atoms with Gasteiger partial charge in [-0.25, -0.2) is 0 Å². The number of phenols is 1. The van der Waals surface area contributed by atoms with Gasteiger partial charge in [0.2, 0.25) is 0 Å². The molecule has 0 aliphatic heterocycles. The Morgan fingerprint density at radius 2 is 1.71 bits per heavy atom. The van der Waals surface area contributed by atoms with Crippen molar-refractivity contribution < 1.29 is 10.2 Å². The molecule has 0 heterocycles. The van der Waals surface area contributed by atoms with Gasteiger partial charge in [-0.05, 0) is 140 Å². The summed E-state index contributed by atoms with van der Waals surface area (Å²) in [5, 5.41) is 23.8. The number of hydrogen-bond acceptors (Lipinski definition) is 2. The van der Waals surface area contributed by atoms with E-state index in [2.05, 4.69) is 26.8 Å². The van der Waals surface area contributed by atoms with Crippen LogP contribution in [0.1, 0.15) is 132 Å². The topological polar surface area (TPSA) is 40.5 Å². The van der Waals surface area contributed by atoms with E-state index in [1.807, 2.05) is 0 Å². The predicted molar refractivity (Wildman–Crippen MR) is 137 cm³/mol. The zero-order valence-electron chi connectivity index (χ0n) is 21.8. The molecule has 0 radical (unpaired) electrons. The quantitative estimate of drug-likeness (QED) is 0.486. The van der Waals surface area contributed by atoms with Gasteiger partial charge < -0.3 is 10.2 Å². The third-order valence-electron chi connectivity index (χ3n) is 12.6. The maximum absolute atomic E-state index is 12.2. The first-order chi connectivity index (χ1) is 16.3. The summed E-state index contributed by atoms with van der Waals surface area (Å²) < 4.78 is 0. The monoisotopic (exact) mass is 462 g/mol. The molecule has 1 aromatic carbocycles. The van der Waals surface area contributed by atoms with E-state index in [1.54, 1.807) is 0 Å². The summed E-state index contributed by atoms with van der Waals surface area (Å²) in [5.41, 5.74) is 6.10. The van der Waals surface area contributed by atoms with Gasteiger partial charge in [-0.2, -0.15) is 0 Å². The molecule has 186 valence electrons. The summed E-state index contributed by atoms with van der Waals surface area (Å²) in [7, 11) is 0. The van der Waals surface area contributed by atoms with E-state index < -0.39 is 0 Å². The highest BCUT2D eigenvalue weighted by Gasteiger charge is 2.56. The van der Waals surface area contributed by atoms with Crippen LogP contribution in [-0.2, 0) is 11.8 Å². The fourth-order valence-electron chi connectivity index (χ4n) is 11.3. The van der Waals surface area contributed by atoms with Crippen LogP contribution in [0.4, 0.5) is 0 Å². The third-order valence-corrected chi connectivity index (χ3v) is 12.6. The lowest BCUT2D eigenvalue weighted by Crippen LogP contribution is -2.49. The fraction of sp³-hybridized carbons (Fsp3) is 0.812. The van der Waals surface area contributed by atoms with Crippen LogP contribution < -0.4 is 0 Å². The van der Waals surface area contributed by atoms with Gasteiger partial charge in [0, 0.05) is 11.1 Å². The van der Waals surface area contributed by atoms with E-state index >= 15 is 0 Å². The van der Waals surface area contributed by atoms with Crippen LogP contribution in [0.2, 0.25) is 0 Å². The van der Waals surface area contributed by atoms with Crippen molar-refractivity contribution in [1.29, 1.82) is 0 Å². The lowest BCUT2D eigenvalue weighted by Gasteiger charge is -2.58. The molecule has 2 N–H and O–H groups in total. The Balaban J connectivity index is 1.40. The smallest absolute Gasteiger partial charge is 0.123 e. The largest absolute Gasteiger partial charge is 0.507 e. The number of phenolic OH excluding ortho intramolecular Hbond substituents is 1. The Morgan fingerprint density at radius 1 is 1.03 bits per heavy atom. The molecule has 2 nitrogen and oxygen atoms in total. The summed E-state index contributed by atoms with van der Waals surface area (Å²) in [6.07, 6.45) is 16.3. The molecule has 1 aromatic rings. The Morgan fingerprint density at radius 3 is 2.35 bits per heavy atom. The number of aromatic hydroxyl groups is 1. The van der Waals surface area contributed by atoms with Crippen LogP contribution in [0, 0.1) is 35.0 Å². The molecular weight excluding hydrogens is 416 g/mol. The minimum atomic E-state index is -0.243. The second-order valence-electron chi connectivity index (χ2n) is 14.4. The number of benzene rings is 1. The highest BCUT2D eigenvalue weighted by Crippen LogP contribution is 2.66. The molecule has 4 bridgehead atoms. The fourth-order valence-corrected chi connectivity index (χ4v) is 11.3. The second-order valence-corrected chi connectivity index (χ2v) is 14.4. The van der Waals surface area contributed by atoms with Gasteiger partial charge in [0.1, 0.15) is 5.75 Å². The van der Waals surface area contributed by atoms with Gasteiger partial charge in [0.05, 0.1) is 6.10 Å². The van der Waals surface area contributed by atoms with Gasteiger partial charge in [-0.3, -0.25) is 0 Å². The summed E-state index contributed by atoms with van der Waals surface area (Å²) in [4.78, 5) is 0. The van der Waals surface area contributed by atoms with E-state index in [0.717, 1.165) is 37.0 Å². The van der Waals surface area contributed by atoms with Crippen molar-refractivity contribution in [3.8, 4) is 5.75 Å². The van der Waals surface area contributed by atoms with Crippen LogP contribution in [0.15, 0.2) is 6.07 Å². The molecule has 0 spiro atoms. The van der Waals surface area contributed by atoms with Crippen LogP contribution in [0.25, 0.3) is 0 Å². The molecule has 7 aliphatic rings. The highest BCUT2D eigenvalue weighted by atomic mass is 16.3. The Kier molecular flexibility index (Phi) is 4.90. The van der Waals surface area contributed by atoms with E-state index in [0.29, 0.717) is 34.8 Å². The number of fused-ring (bicyclic) bond motifs is 5. The third kappa shape index (κ3) is 2.96. The highest BCUT2D eigenvalue weighted by molar-refractivity contribution is 5.57. The van der Waals surface area contributed by atoms with Gasteiger partial charge in [0.15, 0.2) is 0 Å². The number of rotatable bonds is 3. The minimum absolute atomic E-state index is 0.220. The van der Waals surface area contributed by atoms with Crippen molar-refractivity contribution in [2.24, 2.45) is 35.0 Å².